The molecular weight excluding hydrogens is 428 g/mol. The number of fused-ring (bicyclic) bond motifs is 1. The number of hydrogen-bond acceptors (Lipinski definition) is 4. The third-order valence-electron chi connectivity index (χ3n) is 6.30. The average molecular weight is 453 g/mol. The lowest BCUT2D eigenvalue weighted by molar-refractivity contribution is -0.122. The maximum Gasteiger partial charge on any atom is 0.255 e. The van der Waals surface area contributed by atoms with E-state index in [0.717, 1.165) is 11.3 Å². The number of ether oxygens (including phenoxy) is 1. The van der Waals surface area contributed by atoms with E-state index in [-0.39, 0.29) is 29.6 Å². The summed E-state index contributed by atoms with van der Waals surface area (Å²) >= 11 is 0. The van der Waals surface area contributed by atoms with Gasteiger partial charge < -0.3 is 10.1 Å². The van der Waals surface area contributed by atoms with Crippen LogP contribution < -0.4 is 15.0 Å². The molecule has 5 rings (SSSR count). The van der Waals surface area contributed by atoms with Crippen LogP contribution in [0.3, 0.4) is 0 Å². The van der Waals surface area contributed by atoms with Crippen LogP contribution in [-0.2, 0) is 9.59 Å². The molecule has 2 aliphatic rings. The number of rotatable bonds is 5. The van der Waals surface area contributed by atoms with Gasteiger partial charge in [0.2, 0.25) is 11.8 Å². The van der Waals surface area contributed by atoms with Gasteiger partial charge in [-0.2, -0.15) is 0 Å². The molecule has 1 heterocycles. The number of nitrogens with zero attached hydrogens (tertiary/aromatic N) is 1. The maximum atomic E-state index is 12.9. The largest absolute Gasteiger partial charge is 0.457 e. The zero-order chi connectivity index (χ0) is 23.7. The summed E-state index contributed by atoms with van der Waals surface area (Å²) in [6, 6.07) is 23.1. The van der Waals surface area contributed by atoms with Crippen molar-refractivity contribution in [1.29, 1.82) is 0 Å². The molecule has 34 heavy (non-hydrogen) atoms. The summed E-state index contributed by atoms with van der Waals surface area (Å²) in [4.78, 5) is 39.7. The number of hydrogen-bond donors (Lipinski definition) is 1. The first kappa shape index (κ1) is 21.6. The Bertz CT molecular complexity index is 1260. The third kappa shape index (κ3) is 4.22. The molecule has 0 spiro atoms. The Labute approximate surface area is 197 Å². The van der Waals surface area contributed by atoms with Gasteiger partial charge in [-0.15, -0.1) is 0 Å². The van der Waals surface area contributed by atoms with Gasteiger partial charge in [-0.05, 0) is 80.4 Å². The van der Waals surface area contributed by atoms with Crippen molar-refractivity contribution in [2.45, 2.75) is 19.8 Å². The fourth-order valence-electron chi connectivity index (χ4n) is 4.49. The van der Waals surface area contributed by atoms with E-state index in [1.165, 1.54) is 4.90 Å². The number of anilines is 2. The lowest BCUT2D eigenvalue weighted by Gasteiger charge is -2.18. The van der Waals surface area contributed by atoms with Crippen LogP contribution in [0, 0.1) is 11.8 Å². The molecule has 3 aromatic carbocycles. The van der Waals surface area contributed by atoms with E-state index in [1.54, 1.807) is 48.5 Å². The SMILES string of the molecule is CC1=CC[C@@H]2C(=O)N(c3ccc(C(=O)Nc4ccc(Oc5ccccc5)cc4)cc3)C(=O)[C@@H]2C1. The highest BCUT2D eigenvalue weighted by atomic mass is 16.5. The Balaban J connectivity index is 1.24. The predicted octanol–water partition coefficient (Wildman–Crippen LogP) is 5.58. The zero-order valence-electron chi connectivity index (χ0n) is 18.7. The molecule has 0 unspecified atom stereocenters. The molecule has 170 valence electrons. The number of carbonyl (C=O) groups is 3. The Morgan fingerprint density at radius 1 is 0.853 bits per heavy atom. The Morgan fingerprint density at radius 3 is 2.21 bits per heavy atom. The fraction of sp³-hybridized carbons (Fsp3) is 0.179. The van der Waals surface area contributed by atoms with E-state index < -0.39 is 0 Å². The molecule has 3 aromatic rings. The van der Waals surface area contributed by atoms with Gasteiger partial charge in [-0.3, -0.25) is 19.3 Å². The quantitative estimate of drug-likeness (QED) is 0.405. The van der Waals surface area contributed by atoms with E-state index in [2.05, 4.69) is 5.32 Å². The van der Waals surface area contributed by atoms with Gasteiger partial charge >= 0.3 is 0 Å². The Hall–Kier alpha value is -4.19. The van der Waals surface area contributed by atoms with Crippen LogP contribution in [0.5, 0.6) is 11.5 Å². The summed E-state index contributed by atoms with van der Waals surface area (Å²) in [5, 5.41) is 2.85. The zero-order valence-corrected chi connectivity index (χ0v) is 18.7. The summed E-state index contributed by atoms with van der Waals surface area (Å²) in [5.41, 5.74) is 2.71. The van der Waals surface area contributed by atoms with Gasteiger partial charge in [0.15, 0.2) is 0 Å². The van der Waals surface area contributed by atoms with Crippen LogP contribution in [-0.4, -0.2) is 17.7 Å². The molecule has 0 saturated carbocycles. The number of amides is 3. The second kappa shape index (κ2) is 8.98. The highest BCUT2D eigenvalue weighted by molar-refractivity contribution is 6.22. The first-order valence-electron chi connectivity index (χ1n) is 11.3. The molecule has 1 aliphatic carbocycles. The molecule has 0 radical (unpaired) electrons. The first-order valence-corrected chi connectivity index (χ1v) is 11.3. The van der Waals surface area contributed by atoms with Crippen molar-refractivity contribution in [3.63, 3.8) is 0 Å². The van der Waals surface area contributed by atoms with Crippen LogP contribution in [0.15, 0.2) is 90.5 Å². The van der Waals surface area contributed by atoms with E-state index >= 15 is 0 Å². The van der Waals surface area contributed by atoms with Crippen LogP contribution in [0.25, 0.3) is 0 Å². The molecule has 1 aliphatic heterocycles. The molecule has 0 bridgehead atoms. The number of nitrogens with one attached hydrogen (secondary N) is 1. The Kier molecular flexibility index (Phi) is 5.72. The maximum absolute atomic E-state index is 12.9. The van der Waals surface area contributed by atoms with Crippen molar-refractivity contribution in [2.24, 2.45) is 11.8 Å². The van der Waals surface area contributed by atoms with Crippen molar-refractivity contribution in [3.8, 4) is 11.5 Å². The van der Waals surface area contributed by atoms with E-state index in [9.17, 15) is 14.4 Å². The monoisotopic (exact) mass is 452 g/mol. The molecule has 6 nitrogen and oxygen atoms in total. The summed E-state index contributed by atoms with van der Waals surface area (Å²) in [6.07, 6.45) is 3.28. The van der Waals surface area contributed by atoms with Gasteiger partial charge in [0.1, 0.15) is 11.5 Å². The Morgan fingerprint density at radius 2 is 1.50 bits per heavy atom. The van der Waals surface area contributed by atoms with Gasteiger partial charge in [0.05, 0.1) is 17.5 Å². The number of carbonyl (C=O) groups excluding carboxylic acids is 3. The molecule has 1 fully saturated rings. The number of benzene rings is 3. The number of allylic oxidation sites excluding steroid dienone is 2. The summed E-state index contributed by atoms with van der Waals surface area (Å²) in [7, 11) is 0. The van der Waals surface area contributed by atoms with E-state index in [4.69, 9.17) is 4.74 Å². The lowest BCUT2D eigenvalue weighted by Crippen LogP contribution is -2.30. The predicted molar refractivity (Wildman–Crippen MR) is 130 cm³/mol. The molecule has 3 amide bonds. The minimum atomic E-state index is -0.284. The van der Waals surface area contributed by atoms with E-state index in [1.807, 2.05) is 43.3 Å². The fourth-order valence-corrected chi connectivity index (χ4v) is 4.49. The van der Waals surface area contributed by atoms with Gasteiger partial charge in [0, 0.05) is 11.3 Å². The summed E-state index contributed by atoms with van der Waals surface area (Å²) in [6.45, 7) is 1.99. The molecule has 0 aromatic heterocycles. The standard InChI is InChI=1S/C28H24N2O4/c1-18-7-16-24-25(17-18)28(33)30(27(24)32)21-12-8-19(9-13-21)26(31)29-20-10-14-23(15-11-20)34-22-5-3-2-4-6-22/h2-15,24-25H,16-17H2,1H3,(H,29,31)/t24-,25+/m0/s1. The van der Waals surface area contributed by atoms with Crippen molar-refractivity contribution in [2.75, 3.05) is 10.2 Å². The first-order chi connectivity index (χ1) is 16.5. The second-order valence-electron chi connectivity index (χ2n) is 8.66. The third-order valence-corrected chi connectivity index (χ3v) is 6.30. The lowest BCUT2D eigenvalue weighted by atomic mass is 9.82. The average Bonchev–Trinajstić information content (AvgIpc) is 3.10. The molecular formula is C28H24N2O4. The molecule has 2 atom stereocenters. The van der Waals surface area contributed by atoms with Crippen LogP contribution in [0.4, 0.5) is 11.4 Å². The van der Waals surface area contributed by atoms with Crippen molar-refractivity contribution in [3.05, 3.63) is 96.1 Å². The second-order valence-corrected chi connectivity index (χ2v) is 8.66. The smallest absolute Gasteiger partial charge is 0.255 e. The normalized spacial score (nSPS) is 19.4. The van der Waals surface area contributed by atoms with Gasteiger partial charge in [-0.1, -0.05) is 29.8 Å². The summed E-state index contributed by atoms with van der Waals surface area (Å²) < 4.78 is 5.77. The van der Waals surface area contributed by atoms with Crippen LogP contribution in [0.1, 0.15) is 30.1 Å². The molecule has 1 N–H and O–H groups in total. The molecule has 1 saturated heterocycles. The van der Waals surface area contributed by atoms with Crippen LogP contribution >= 0.6 is 0 Å². The summed E-state index contributed by atoms with van der Waals surface area (Å²) in [5.74, 6) is 0.240. The number of para-hydroxylation sites is 1. The highest BCUT2D eigenvalue weighted by Gasteiger charge is 2.48. The topological polar surface area (TPSA) is 75.7 Å². The molecule has 6 heteroatoms. The van der Waals surface area contributed by atoms with Crippen molar-refractivity contribution >= 4 is 29.1 Å². The minimum absolute atomic E-state index is 0.155. The number of imide groups is 1. The van der Waals surface area contributed by atoms with Gasteiger partial charge in [0.25, 0.3) is 5.91 Å². The van der Waals surface area contributed by atoms with Crippen molar-refractivity contribution in [1.82, 2.24) is 0 Å². The van der Waals surface area contributed by atoms with E-state index in [0.29, 0.717) is 35.5 Å². The van der Waals surface area contributed by atoms with Crippen LogP contribution in [0.2, 0.25) is 0 Å². The van der Waals surface area contributed by atoms with Gasteiger partial charge in [-0.25, -0.2) is 0 Å². The highest BCUT2D eigenvalue weighted by Crippen LogP contribution is 2.39. The minimum Gasteiger partial charge on any atom is -0.457 e. The van der Waals surface area contributed by atoms with Crippen molar-refractivity contribution < 1.29 is 19.1 Å².